The number of halogens is 3. The lowest BCUT2D eigenvalue weighted by atomic mass is 10.3. The van der Waals surface area contributed by atoms with E-state index in [2.05, 4.69) is 9.97 Å². The zero-order valence-corrected chi connectivity index (χ0v) is 14.8. The molecular formula is C14H12Cl2FN3O3S. The molecule has 10 heteroatoms. The first-order valence-corrected chi connectivity index (χ1v) is 8.48. The van der Waals surface area contributed by atoms with Gasteiger partial charge in [-0.15, -0.1) is 0 Å². The van der Waals surface area contributed by atoms with Crippen molar-refractivity contribution in [3.8, 4) is 0 Å². The van der Waals surface area contributed by atoms with Gasteiger partial charge in [-0.1, -0.05) is 35.0 Å². The molecule has 6 nitrogen and oxygen atoms in total. The predicted octanol–water partition coefficient (Wildman–Crippen LogP) is 3.71. The number of thioether (sulfide) groups is 1. The highest BCUT2D eigenvalue weighted by atomic mass is 35.5. The molecule has 0 aliphatic rings. The third kappa shape index (κ3) is 4.25. The molecule has 24 heavy (non-hydrogen) atoms. The van der Waals surface area contributed by atoms with E-state index in [0.29, 0.717) is 15.6 Å². The van der Waals surface area contributed by atoms with Crippen LogP contribution in [-0.4, -0.2) is 27.2 Å². The molecule has 0 N–H and O–H groups in total. The molecule has 2 aromatic heterocycles. The molecule has 0 saturated heterocycles. The second kappa shape index (κ2) is 8.46. The normalized spacial score (nSPS) is 10.7. The summed E-state index contributed by atoms with van der Waals surface area (Å²) in [6.07, 6.45) is 1.97. The van der Waals surface area contributed by atoms with Crippen molar-refractivity contribution in [3.63, 3.8) is 0 Å². The molecular weight excluding hydrogens is 380 g/mol. The van der Waals surface area contributed by atoms with E-state index in [0.717, 1.165) is 22.4 Å². The van der Waals surface area contributed by atoms with Gasteiger partial charge in [0.25, 0.3) is 5.56 Å². The van der Waals surface area contributed by atoms with Gasteiger partial charge in [-0.25, -0.2) is 14.2 Å². The fraction of sp³-hybridized carbons (Fsp3) is 0.286. The zero-order chi connectivity index (χ0) is 17.7. The van der Waals surface area contributed by atoms with Crippen molar-refractivity contribution in [1.29, 1.82) is 0 Å². The number of hydrogen-bond donors (Lipinski definition) is 0. The minimum atomic E-state index is -0.927. The summed E-state index contributed by atoms with van der Waals surface area (Å²) in [5, 5.41) is 0.668. The number of ether oxygens (including phenoxy) is 1. The van der Waals surface area contributed by atoms with Crippen LogP contribution in [0.3, 0.4) is 0 Å². The summed E-state index contributed by atoms with van der Waals surface area (Å²) in [5.41, 5.74) is -0.228. The van der Waals surface area contributed by atoms with E-state index in [1.165, 1.54) is 12.4 Å². The van der Waals surface area contributed by atoms with Crippen LogP contribution >= 0.6 is 35.0 Å². The molecule has 0 aliphatic heterocycles. The topological polar surface area (TPSA) is 74.1 Å². The molecule has 0 fully saturated rings. The molecule has 0 amide bonds. The number of hydrogen-bond acceptors (Lipinski definition) is 6. The van der Waals surface area contributed by atoms with Gasteiger partial charge in [0.15, 0.2) is 5.16 Å². The maximum Gasteiger partial charge on any atom is 0.423 e. The van der Waals surface area contributed by atoms with E-state index in [1.807, 2.05) is 0 Å². The number of rotatable bonds is 5. The van der Waals surface area contributed by atoms with E-state index < -0.39 is 18.3 Å². The Kier molecular flexibility index (Phi) is 6.59. The van der Waals surface area contributed by atoms with Crippen molar-refractivity contribution in [2.45, 2.75) is 24.5 Å². The number of alkyl halides is 1. The molecule has 0 bridgehead atoms. The summed E-state index contributed by atoms with van der Waals surface area (Å²) < 4.78 is 18.5. The summed E-state index contributed by atoms with van der Waals surface area (Å²) in [7, 11) is 0. The highest BCUT2D eigenvalue weighted by molar-refractivity contribution is 7.98. The van der Waals surface area contributed by atoms with Gasteiger partial charge in [0.2, 0.25) is 0 Å². The summed E-state index contributed by atoms with van der Waals surface area (Å²) in [5.74, 6) is 0.210. The number of nitrogens with zero attached hydrogens (tertiary/aromatic N) is 3. The zero-order valence-electron chi connectivity index (χ0n) is 12.5. The third-order valence-electron chi connectivity index (χ3n) is 2.83. The molecule has 0 spiro atoms. The smallest absolute Gasteiger partial charge is 0.423 e. The molecule has 0 aromatic carbocycles. The van der Waals surface area contributed by atoms with Gasteiger partial charge in [0.1, 0.15) is 6.67 Å². The van der Waals surface area contributed by atoms with Crippen LogP contribution in [0.15, 0.2) is 28.4 Å². The molecule has 2 heterocycles. The SMILES string of the molecule is CCOC(=O)n1c(SCc2c(Cl)cncc2Cl)nc(CF)cc1=O. The van der Waals surface area contributed by atoms with E-state index in [1.54, 1.807) is 6.92 Å². The summed E-state index contributed by atoms with van der Waals surface area (Å²) in [6, 6.07) is 0.952. The number of pyridine rings is 1. The Hall–Kier alpha value is -1.64. The van der Waals surface area contributed by atoms with Crippen molar-refractivity contribution in [2.75, 3.05) is 6.61 Å². The minimum Gasteiger partial charge on any atom is -0.449 e. The monoisotopic (exact) mass is 391 g/mol. The Morgan fingerprint density at radius 3 is 2.62 bits per heavy atom. The van der Waals surface area contributed by atoms with Crippen molar-refractivity contribution in [2.24, 2.45) is 0 Å². The minimum absolute atomic E-state index is 0.00227. The van der Waals surface area contributed by atoms with E-state index in [9.17, 15) is 14.0 Å². The van der Waals surface area contributed by atoms with Gasteiger partial charge in [0, 0.05) is 29.8 Å². The lowest BCUT2D eigenvalue weighted by molar-refractivity contribution is 0.149. The van der Waals surface area contributed by atoms with E-state index >= 15 is 0 Å². The second-order valence-corrected chi connectivity index (χ2v) is 6.16. The number of carbonyl (C=O) groups excluding carboxylic acids is 1. The first-order valence-electron chi connectivity index (χ1n) is 6.74. The van der Waals surface area contributed by atoms with Gasteiger partial charge in [-0.3, -0.25) is 9.78 Å². The van der Waals surface area contributed by atoms with Crippen LogP contribution < -0.4 is 5.56 Å². The quantitative estimate of drug-likeness (QED) is 0.571. The van der Waals surface area contributed by atoms with Crippen LogP contribution in [0.25, 0.3) is 0 Å². The van der Waals surface area contributed by atoms with E-state index in [-0.39, 0.29) is 23.2 Å². The van der Waals surface area contributed by atoms with Crippen LogP contribution in [0.4, 0.5) is 9.18 Å². The molecule has 0 aliphatic carbocycles. The maximum absolute atomic E-state index is 12.9. The Balaban J connectivity index is 2.39. The molecule has 0 unspecified atom stereocenters. The summed E-state index contributed by atoms with van der Waals surface area (Å²) in [4.78, 5) is 31.8. The Morgan fingerprint density at radius 1 is 1.38 bits per heavy atom. The first kappa shape index (κ1) is 18.7. The van der Waals surface area contributed by atoms with Crippen LogP contribution in [-0.2, 0) is 17.2 Å². The lowest BCUT2D eigenvalue weighted by Crippen LogP contribution is -2.30. The van der Waals surface area contributed by atoms with Gasteiger partial charge >= 0.3 is 6.09 Å². The lowest BCUT2D eigenvalue weighted by Gasteiger charge is -2.11. The summed E-state index contributed by atoms with van der Waals surface area (Å²) in [6.45, 7) is 0.765. The molecule has 0 saturated carbocycles. The maximum atomic E-state index is 12.9. The Bertz CT molecular complexity index is 796. The highest BCUT2D eigenvalue weighted by Crippen LogP contribution is 2.29. The highest BCUT2D eigenvalue weighted by Gasteiger charge is 2.18. The largest absolute Gasteiger partial charge is 0.449 e. The second-order valence-electron chi connectivity index (χ2n) is 4.41. The van der Waals surface area contributed by atoms with Gasteiger partial charge < -0.3 is 4.74 Å². The van der Waals surface area contributed by atoms with Gasteiger partial charge in [0.05, 0.1) is 22.3 Å². The van der Waals surface area contributed by atoms with E-state index in [4.69, 9.17) is 27.9 Å². The number of aromatic nitrogens is 3. The average Bonchev–Trinajstić information content (AvgIpc) is 2.54. The Labute approximate surface area is 151 Å². The van der Waals surface area contributed by atoms with Crippen LogP contribution in [0.1, 0.15) is 18.2 Å². The van der Waals surface area contributed by atoms with Crippen molar-refractivity contribution >= 4 is 41.1 Å². The fourth-order valence-electron chi connectivity index (χ4n) is 1.74. The fourth-order valence-corrected chi connectivity index (χ4v) is 3.46. The number of carbonyl (C=O) groups is 1. The van der Waals surface area contributed by atoms with Crippen LogP contribution in [0, 0.1) is 0 Å². The molecule has 0 radical (unpaired) electrons. The van der Waals surface area contributed by atoms with Crippen molar-refractivity contribution in [1.82, 2.24) is 14.5 Å². The van der Waals surface area contributed by atoms with Crippen molar-refractivity contribution in [3.05, 3.63) is 50.1 Å². The van der Waals surface area contributed by atoms with Crippen molar-refractivity contribution < 1.29 is 13.9 Å². The third-order valence-corrected chi connectivity index (χ3v) is 4.44. The van der Waals surface area contributed by atoms with Gasteiger partial charge in [-0.2, -0.15) is 4.57 Å². The Morgan fingerprint density at radius 2 is 2.04 bits per heavy atom. The molecule has 0 atom stereocenters. The van der Waals surface area contributed by atoms with Crippen LogP contribution in [0.5, 0.6) is 0 Å². The molecule has 128 valence electrons. The first-order chi connectivity index (χ1) is 11.5. The molecule has 2 aromatic rings. The predicted molar refractivity (Wildman–Crippen MR) is 89.5 cm³/mol. The van der Waals surface area contributed by atoms with Crippen LogP contribution in [0.2, 0.25) is 10.0 Å². The van der Waals surface area contributed by atoms with Gasteiger partial charge in [-0.05, 0) is 6.92 Å². The average molecular weight is 392 g/mol. The summed E-state index contributed by atoms with van der Waals surface area (Å²) >= 11 is 13.1. The molecule has 2 rings (SSSR count). The standard InChI is InChI=1S/C14H12Cl2FN3O3S/c1-2-23-14(22)20-12(21)3-8(4-17)19-13(20)24-7-9-10(15)5-18-6-11(9)16/h3,5-6H,2,4,7H2,1H3.